The number of anilines is 2. The lowest BCUT2D eigenvalue weighted by Crippen LogP contribution is -2.37. The van der Waals surface area contributed by atoms with Crippen LogP contribution in [0.2, 0.25) is 10.0 Å². The monoisotopic (exact) mass is 483 g/mol. The van der Waals surface area contributed by atoms with E-state index in [1.165, 1.54) is 29.3 Å². The van der Waals surface area contributed by atoms with E-state index in [1.54, 1.807) is 30.3 Å². The lowest BCUT2D eigenvalue weighted by Gasteiger charge is -2.29. The predicted octanol–water partition coefficient (Wildman–Crippen LogP) is 4.95. The second kappa shape index (κ2) is 8.15. The summed E-state index contributed by atoms with van der Waals surface area (Å²) in [7, 11) is 0. The van der Waals surface area contributed by atoms with E-state index in [0.717, 1.165) is 4.90 Å². The van der Waals surface area contributed by atoms with Gasteiger partial charge in [0.25, 0.3) is 11.6 Å². The fourth-order valence-electron chi connectivity index (χ4n) is 4.27. The molecule has 5 rings (SSSR count). The van der Waals surface area contributed by atoms with Crippen LogP contribution in [0.3, 0.4) is 0 Å². The molecular weight excluding hydrogens is 469 g/mol. The number of carbonyl (C=O) groups excluding carboxylic acids is 2. The van der Waals surface area contributed by atoms with Gasteiger partial charge in [-0.2, -0.15) is 0 Å². The van der Waals surface area contributed by atoms with Gasteiger partial charge in [0.05, 0.1) is 22.3 Å². The second-order valence-corrected chi connectivity index (χ2v) is 8.46. The van der Waals surface area contributed by atoms with Crippen LogP contribution in [-0.4, -0.2) is 22.8 Å². The summed E-state index contributed by atoms with van der Waals surface area (Å²) in [6.45, 7) is 0. The number of para-hydroxylation sites is 1. The average Bonchev–Trinajstić information content (AvgIpc) is 3.30. The van der Waals surface area contributed by atoms with E-state index in [0.29, 0.717) is 21.3 Å². The summed E-state index contributed by atoms with van der Waals surface area (Å²) in [4.78, 5) is 44.5. The van der Waals surface area contributed by atoms with Crippen molar-refractivity contribution in [2.24, 2.45) is 5.92 Å². The van der Waals surface area contributed by atoms with Gasteiger partial charge in [0, 0.05) is 22.2 Å². The molecule has 0 saturated carbocycles. The molecule has 0 spiro atoms. The van der Waals surface area contributed by atoms with Crippen LogP contribution in [0, 0.1) is 16.0 Å². The van der Waals surface area contributed by atoms with Gasteiger partial charge in [-0.25, -0.2) is 9.96 Å². The first kappa shape index (κ1) is 21.4. The lowest BCUT2D eigenvalue weighted by atomic mass is 9.90. The maximum absolute atomic E-state index is 13.6. The normalized spacial score (nSPS) is 22.1. The highest BCUT2D eigenvalue weighted by molar-refractivity contribution is 6.35. The molecule has 3 atom stereocenters. The Bertz CT molecular complexity index is 1290. The second-order valence-electron chi connectivity index (χ2n) is 7.61. The number of nitro benzene ring substituents is 1. The number of benzene rings is 3. The van der Waals surface area contributed by atoms with Gasteiger partial charge < -0.3 is 0 Å². The predicted molar refractivity (Wildman–Crippen MR) is 122 cm³/mol. The molecule has 0 unspecified atom stereocenters. The van der Waals surface area contributed by atoms with Gasteiger partial charge in [-0.3, -0.25) is 24.5 Å². The molecule has 2 fully saturated rings. The van der Waals surface area contributed by atoms with Crippen molar-refractivity contribution in [3.8, 4) is 0 Å². The Morgan fingerprint density at radius 1 is 0.879 bits per heavy atom. The van der Waals surface area contributed by atoms with E-state index in [1.807, 2.05) is 18.2 Å². The first-order chi connectivity index (χ1) is 15.9. The molecule has 0 aliphatic carbocycles. The maximum atomic E-state index is 13.6. The number of rotatable bonds is 4. The fraction of sp³-hybridized carbons (Fsp3) is 0.130. The lowest BCUT2D eigenvalue weighted by molar-refractivity contribution is -0.384. The van der Waals surface area contributed by atoms with E-state index >= 15 is 0 Å². The van der Waals surface area contributed by atoms with Gasteiger partial charge in [-0.05, 0) is 35.9 Å². The third-order valence-corrected chi connectivity index (χ3v) is 6.27. The van der Waals surface area contributed by atoms with Gasteiger partial charge in [0.2, 0.25) is 5.91 Å². The van der Waals surface area contributed by atoms with Gasteiger partial charge in [0.15, 0.2) is 6.10 Å². The zero-order valence-corrected chi connectivity index (χ0v) is 18.3. The SMILES string of the molecule is O=C1[C@H]2[C@@H](ON(c3ccccc3)[C@H]2c2ccc(Cl)cc2Cl)C(=O)N1c1cccc([N+](=O)[O-])c1. The zero-order valence-electron chi connectivity index (χ0n) is 16.8. The largest absolute Gasteiger partial charge is 0.273 e. The minimum atomic E-state index is -1.12. The standard InChI is InChI=1S/C23H15Cl2N3O5/c24-13-9-10-17(18(25)11-13)20-19-21(33-27(20)14-5-2-1-3-6-14)23(30)26(22(19)29)15-7-4-8-16(12-15)28(31)32/h1-12,19-21H/t19-,20+,21-/m1/s1. The Morgan fingerprint density at radius 2 is 1.61 bits per heavy atom. The molecule has 8 nitrogen and oxygen atoms in total. The number of amides is 2. The van der Waals surface area contributed by atoms with E-state index in [2.05, 4.69) is 0 Å². The van der Waals surface area contributed by atoms with Crippen LogP contribution < -0.4 is 9.96 Å². The molecule has 166 valence electrons. The molecule has 3 aromatic carbocycles. The third-order valence-electron chi connectivity index (χ3n) is 5.71. The van der Waals surface area contributed by atoms with Gasteiger partial charge in [-0.1, -0.05) is 53.5 Å². The summed E-state index contributed by atoms with van der Waals surface area (Å²) in [6, 6.07) is 18.6. The number of nitro groups is 1. The van der Waals surface area contributed by atoms with Crippen LogP contribution >= 0.6 is 23.2 Å². The molecule has 0 aromatic heterocycles. The quantitative estimate of drug-likeness (QED) is 0.296. The number of halogens is 2. The molecule has 33 heavy (non-hydrogen) atoms. The van der Waals surface area contributed by atoms with Crippen molar-refractivity contribution in [3.63, 3.8) is 0 Å². The summed E-state index contributed by atoms with van der Waals surface area (Å²) in [6.07, 6.45) is -1.12. The van der Waals surface area contributed by atoms with Crippen LogP contribution in [0.5, 0.6) is 0 Å². The van der Waals surface area contributed by atoms with Crippen LogP contribution in [0.1, 0.15) is 11.6 Å². The number of carbonyl (C=O) groups is 2. The van der Waals surface area contributed by atoms with E-state index in [9.17, 15) is 19.7 Å². The Morgan fingerprint density at radius 3 is 2.30 bits per heavy atom. The molecule has 2 aliphatic heterocycles. The summed E-state index contributed by atoms with van der Waals surface area (Å²) in [5.41, 5.74) is 1.10. The van der Waals surface area contributed by atoms with E-state index in [4.69, 9.17) is 28.0 Å². The van der Waals surface area contributed by atoms with Crippen molar-refractivity contribution in [1.29, 1.82) is 0 Å². The fourth-order valence-corrected chi connectivity index (χ4v) is 4.79. The number of hydrogen-bond donors (Lipinski definition) is 0. The summed E-state index contributed by atoms with van der Waals surface area (Å²) in [5, 5.41) is 13.5. The molecule has 2 aliphatic rings. The Kier molecular flexibility index (Phi) is 5.28. The van der Waals surface area contributed by atoms with Crippen molar-refractivity contribution in [2.45, 2.75) is 12.1 Å². The first-order valence-electron chi connectivity index (χ1n) is 9.95. The Balaban J connectivity index is 1.60. The van der Waals surface area contributed by atoms with Gasteiger partial charge >= 0.3 is 0 Å². The highest BCUT2D eigenvalue weighted by atomic mass is 35.5. The number of imide groups is 1. The van der Waals surface area contributed by atoms with Crippen molar-refractivity contribution in [2.75, 3.05) is 9.96 Å². The molecule has 0 N–H and O–H groups in total. The number of hydrogen-bond acceptors (Lipinski definition) is 6. The highest BCUT2D eigenvalue weighted by Gasteiger charge is 2.60. The average molecular weight is 484 g/mol. The van der Waals surface area contributed by atoms with Crippen LogP contribution in [0.15, 0.2) is 72.8 Å². The topological polar surface area (TPSA) is 93.0 Å². The van der Waals surface area contributed by atoms with Gasteiger partial charge in [-0.15, -0.1) is 0 Å². The molecule has 3 aromatic rings. The van der Waals surface area contributed by atoms with E-state index in [-0.39, 0.29) is 11.4 Å². The smallest absolute Gasteiger partial charge is 0.271 e. The molecule has 0 radical (unpaired) electrons. The Hall–Kier alpha value is -3.46. The Labute approximate surface area is 198 Å². The number of hydroxylamine groups is 1. The summed E-state index contributed by atoms with van der Waals surface area (Å²) < 4.78 is 0. The van der Waals surface area contributed by atoms with Crippen molar-refractivity contribution in [1.82, 2.24) is 0 Å². The van der Waals surface area contributed by atoms with Crippen molar-refractivity contribution in [3.05, 3.63) is 98.5 Å². The number of nitrogens with zero attached hydrogens (tertiary/aromatic N) is 3. The van der Waals surface area contributed by atoms with Crippen LogP contribution in [0.4, 0.5) is 17.1 Å². The van der Waals surface area contributed by atoms with Crippen LogP contribution in [0.25, 0.3) is 0 Å². The van der Waals surface area contributed by atoms with Crippen LogP contribution in [-0.2, 0) is 14.4 Å². The first-order valence-corrected chi connectivity index (χ1v) is 10.7. The van der Waals surface area contributed by atoms with Crippen molar-refractivity contribution < 1.29 is 19.3 Å². The molecule has 2 heterocycles. The number of non-ortho nitro benzene ring substituents is 1. The molecular formula is C23H15Cl2N3O5. The van der Waals surface area contributed by atoms with Crippen molar-refractivity contribution >= 4 is 52.1 Å². The summed E-state index contributed by atoms with van der Waals surface area (Å²) >= 11 is 12.6. The summed E-state index contributed by atoms with van der Waals surface area (Å²) in [5.74, 6) is -2.05. The number of fused-ring (bicyclic) bond motifs is 1. The third kappa shape index (κ3) is 3.52. The minimum Gasteiger partial charge on any atom is -0.273 e. The minimum absolute atomic E-state index is 0.115. The molecule has 10 heteroatoms. The molecule has 0 bridgehead atoms. The zero-order chi connectivity index (χ0) is 23.3. The maximum Gasteiger partial charge on any atom is 0.271 e. The molecule has 2 saturated heterocycles. The van der Waals surface area contributed by atoms with Gasteiger partial charge in [0.1, 0.15) is 5.92 Å². The highest BCUT2D eigenvalue weighted by Crippen LogP contribution is 2.49. The molecule has 2 amide bonds. The van der Waals surface area contributed by atoms with E-state index < -0.39 is 34.8 Å².